The molecule has 2 unspecified atom stereocenters. The summed E-state index contributed by atoms with van der Waals surface area (Å²) < 4.78 is 5.78. The van der Waals surface area contributed by atoms with Crippen molar-refractivity contribution in [3.8, 4) is 5.75 Å². The number of carbonyl (C=O) groups excluding carboxylic acids is 2. The molecule has 2 aliphatic heterocycles. The van der Waals surface area contributed by atoms with Crippen LogP contribution in [0, 0.1) is 25.7 Å². The van der Waals surface area contributed by atoms with E-state index in [0.717, 1.165) is 16.7 Å². The maximum Gasteiger partial charge on any atom is 0.256 e. The summed E-state index contributed by atoms with van der Waals surface area (Å²) in [5.41, 5.74) is 5.77. The number of amides is 2. The van der Waals surface area contributed by atoms with Crippen molar-refractivity contribution in [1.29, 1.82) is 0 Å². The SMILES string of the molecule is CCOc1cccc(C(C2C(=O)N(c3ccc(C)cc3)N=C2C)C2C(=O)N(c3ccc(C)cc3)N=C2C)c1. The molecule has 2 atom stereocenters. The quantitative estimate of drug-likeness (QED) is 0.401. The van der Waals surface area contributed by atoms with Crippen molar-refractivity contribution in [3.63, 3.8) is 0 Å². The first-order chi connectivity index (χ1) is 18.3. The lowest BCUT2D eigenvalue weighted by atomic mass is 9.73. The first-order valence-electron chi connectivity index (χ1n) is 12.9. The van der Waals surface area contributed by atoms with E-state index in [1.807, 2.05) is 107 Å². The summed E-state index contributed by atoms with van der Waals surface area (Å²) in [6.45, 7) is 10.2. The standard InChI is InChI=1S/C31H32N4O3/c1-6-38-26-9-7-8-23(18-26)29(27-21(4)32-34(30(27)36)24-14-10-19(2)11-15-24)28-22(5)33-35(31(28)37)25-16-12-20(3)13-17-25/h7-18,27-29H,6H2,1-5H3. The Morgan fingerprint density at radius 2 is 1.21 bits per heavy atom. The Kier molecular flexibility index (Phi) is 6.85. The number of anilines is 2. The number of benzene rings is 3. The Bertz CT molecular complexity index is 1340. The van der Waals surface area contributed by atoms with Crippen LogP contribution in [0.3, 0.4) is 0 Å². The number of hydrazone groups is 2. The minimum absolute atomic E-state index is 0.160. The second-order valence-electron chi connectivity index (χ2n) is 9.94. The molecule has 0 spiro atoms. The Morgan fingerprint density at radius 1 is 0.737 bits per heavy atom. The molecule has 5 rings (SSSR count). The molecule has 0 saturated heterocycles. The third-order valence-corrected chi connectivity index (χ3v) is 7.19. The molecule has 3 aromatic rings. The van der Waals surface area contributed by atoms with Crippen molar-refractivity contribution in [2.24, 2.45) is 22.0 Å². The van der Waals surface area contributed by atoms with Crippen LogP contribution in [-0.4, -0.2) is 29.8 Å². The molecule has 0 aliphatic carbocycles. The fourth-order valence-corrected chi connectivity index (χ4v) is 5.28. The number of hydrogen-bond donors (Lipinski definition) is 0. The molecule has 2 aliphatic rings. The topological polar surface area (TPSA) is 74.6 Å². The van der Waals surface area contributed by atoms with Crippen molar-refractivity contribution in [2.75, 3.05) is 16.6 Å². The Balaban J connectivity index is 1.57. The predicted octanol–water partition coefficient (Wildman–Crippen LogP) is 5.86. The second kappa shape index (κ2) is 10.2. The van der Waals surface area contributed by atoms with Gasteiger partial charge in [-0.15, -0.1) is 0 Å². The van der Waals surface area contributed by atoms with E-state index in [0.29, 0.717) is 35.2 Å². The third-order valence-electron chi connectivity index (χ3n) is 7.19. The number of ether oxygens (including phenoxy) is 1. The molecule has 0 saturated carbocycles. The zero-order valence-corrected chi connectivity index (χ0v) is 22.4. The molecule has 0 fully saturated rings. The minimum Gasteiger partial charge on any atom is -0.494 e. The lowest BCUT2D eigenvalue weighted by Crippen LogP contribution is -2.40. The first-order valence-corrected chi connectivity index (χ1v) is 12.9. The van der Waals surface area contributed by atoms with Crippen LogP contribution in [-0.2, 0) is 9.59 Å². The predicted molar refractivity (Wildman–Crippen MR) is 151 cm³/mol. The van der Waals surface area contributed by atoms with Gasteiger partial charge in [-0.2, -0.15) is 10.2 Å². The zero-order valence-electron chi connectivity index (χ0n) is 22.4. The van der Waals surface area contributed by atoms with Crippen LogP contribution in [0.15, 0.2) is 83.0 Å². The molecule has 0 bridgehead atoms. The molecule has 7 nitrogen and oxygen atoms in total. The maximum absolute atomic E-state index is 14.0. The van der Waals surface area contributed by atoms with E-state index in [1.54, 1.807) is 0 Å². The zero-order chi connectivity index (χ0) is 27.0. The van der Waals surface area contributed by atoms with E-state index < -0.39 is 17.8 Å². The summed E-state index contributed by atoms with van der Waals surface area (Å²) in [7, 11) is 0. The van der Waals surface area contributed by atoms with Gasteiger partial charge in [-0.3, -0.25) is 9.59 Å². The highest BCUT2D eigenvalue weighted by molar-refractivity contribution is 6.19. The van der Waals surface area contributed by atoms with Gasteiger partial charge in [-0.1, -0.05) is 47.5 Å². The molecular weight excluding hydrogens is 476 g/mol. The van der Waals surface area contributed by atoms with Crippen LogP contribution in [0.4, 0.5) is 11.4 Å². The number of rotatable bonds is 7. The average Bonchev–Trinajstić information content (AvgIpc) is 3.36. The second-order valence-corrected chi connectivity index (χ2v) is 9.94. The largest absolute Gasteiger partial charge is 0.494 e. The smallest absolute Gasteiger partial charge is 0.256 e. The van der Waals surface area contributed by atoms with Gasteiger partial charge in [0.2, 0.25) is 0 Å². The van der Waals surface area contributed by atoms with Gasteiger partial charge >= 0.3 is 0 Å². The molecule has 2 heterocycles. The van der Waals surface area contributed by atoms with Crippen molar-refractivity contribution in [1.82, 2.24) is 0 Å². The summed E-state index contributed by atoms with van der Waals surface area (Å²) in [4.78, 5) is 28.0. The van der Waals surface area contributed by atoms with Crippen LogP contribution >= 0.6 is 0 Å². The van der Waals surface area contributed by atoms with E-state index >= 15 is 0 Å². The summed E-state index contributed by atoms with van der Waals surface area (Å²) in [6, 6.07) is 23.1. The molecule has 0 radical (unpaired) electrons. The van der Waals surface area contributed by atoms with E-state index in [9.17, 15) is 9.59 Å². The molecule has 7 heteroatoms. The number of nitrogens with zero attached hydrogens (tertiary/aromatic N) is 4. The number of hydrogen-bond acceptors (Lipinski definition) is 5. The summed E-state index contributed by atoms with van der Waals surface area (Å²) >= 11 is 0. The monoisotopic (exact) mass is 508 g/mol. The van der Waals surface area contributed by atoms with Gasteiger partial charge in [-0.25, -0.2) is 10.0 Å². The van der Waals surface area contributed by atoms with Gasteiger partial charge in [0.1, 0.15) is 5.75 Å². The lowest BCUT2D eigenvalue weighted by Gasteiger charge is -2.29. The van der Waals surface area contributed by atoms with E-state index in [2.05, 4.69) is 10.2 Å². The van der Waals surface area contributed by atoms with Crippen molar-refractivity contribution < 1.29 is 14.3 Å². The van der Waals surface area contributed by atoms with Crippen molar-refractivity contribution in [3.05, 3.63) is 89.5 Å². The van der Waals surface area contributed by atoms with Crippen LogP contribution in [0.1, 0.15) is 43.4 Å². The van der Waals surface area contributed by atoms with Crippen LogP contribution in [0.2, 0.25) is 0 Å². The van der Waals surface area contributed by atoms with Gasteiger partial charge in [-0.05, 0) is 76.6 Å². The molecule has 0 N–H and O–H groups in total. The molecular formula is C31H32N4O3. The van der Waals surface area contributed by atoms with E-state index in [-0.39, 0.29) is 11.8 Å². The lowest BCUT2D eigenvalue weighted by molar-refractivity contribution is -0.122. The molecule has 3 aromatic carbocycles. The number of carbonyl (C=O) groups is 2. The fraction of sp³-hybridized carbons (Fsp3) is 0.290. The van der Waals surface area contributed by atoms with Crippen LogP contribution in [0.5, 0.6) is 5.75 Å². The summed E-state index contributed by atoms with van der Waals surface area (Å²) in [5, 5.41) is 12.3. The molecule has 2 amide bonds. The van der Waals surface area contributed by atoms with Crippen LogP contribution in [0.25, 0.3) is 0 Å². The van der Waals surface area contributed by atoms with Crippen molar-refractivity contribution in [2.45, 2.75) is 40.5 Å². The fourth-order valence-electron chi connectivity index (χ4n) is 5.28. The molecule has 0 aromatic heterocycles. The van der Waals surface area contributed by atoms with Crippen LogP contribution < -0.4 is 14.8 Å². The highest BCUT2D eigenvalue weighted by atomic mass is 16.5. The Morgan fingerprint density at radius 3 is 1.66 bits per heavy atom. The Hall–Kier alpha value is -4.26. The van der Waals surface area contributed by atoms with E-state index in [1.165, 1.54) is 10.0 Å². The van der Waals surface area contributed by atoms with Gasteiger partial charge in [0.25, 0.3) is 11.8 Å². The summed E-state index contributed by atoms with van der Waals surface area (Å²) in [6.07, 6.45) is 0. The highest BCUT2D eigenvalue weighted by Gasteiger charge is 2.50. The normalized spacial score (nSPS) is 20.0. The first kappa shape index (κ1) is 25.4. The maximum atomic E-state index is 14.0. The highest BCUT2D eigenvalue weighted by Crippen LogP contribution is 2.43. The Labute approximate surface area is 223 Å². The number of aryl methyl sites for hydroxylation is 2. The van der Waals surface area contributed by atoms with Gasteiger partial charge < -0.3 is 4.74 Å². The van der Waals surface area contributed by atoms with Crippen molar-refractivity contribution >= 4 is 34.6 Å². The van der Waals surface area contributed by atoms with E-state index in [4.69, 9.17) is 4.74 Å². The minimum atomic E-state index is -0.634. The van der Waals surface area contributed by atoms with Gasteiger partial charge in [0.15, 0.2) is 0 Å². The molecule has 194 valence electrons. The van der Waals surface area contributed by atoms with Gasteiger partial charge in [0, 0.05) is 17.3 Å². The molecule has 38 heavy (non-hydrogen) atoms. The average molecular weight is 509 g/mol. The third kappa shape index (κ3) is 4.60. The van der Waals surface area contributed by atoms with Gasteiger partial charge in [0.05, 0.1) is 29.8 Å². The summed E-state index contributed by atoms with van der Waals surface area (Å²) in [5.74, 6) is -1.40.